The van der Waals surface area contributed by atoms with E-state index in [1.807, 2.05) is 38.4 Å². The number of allylic oxidation sites excluding steroid dienone is 5. The molecule has 0 amide bonds. The van der Waals surface area contributed by atoms with Crippen LogP contribution in [0.1, 0.15) is 65.5 Å². The summed E-state index contributed by atoms with van der Waals surface area (Å²) in [7, 11) is 0. The van der Waals surface area contributed by atoms with Gasteiger partial charge in [-0.25, -0.2) is 0 Å². The second-order valence-electron chi connectivity index (χ2n) is 10.1. The smallest absolute Gasteiger partial charge is 0.201 e. The SMILES string of the molecule is CCC(C1=Nc2ccncc2C1(C)C)=C1C(=O)C(/C(CC)=C2/Nc3ccncc3C2(C)C)=C1O. The van der Waals surface area contributed by atoms with E-state index in [1.54, 1.807) is 12.4 Å². The fraction of sp³-hybridized carbons (Fsp3) is 0.357. The summed E-state index contributed by atoms with van der Waals surface area (Å²) in [6, 6.07) is 3.84. The quantitative estimate of drug-likeness (QED) is 0.553. The van der Waals surface area contributed by atoms with Gasteiger partial charge in [0.15, 0.2) is 0 Å². The summed E-state index contributed by atoms with van der Waals surface area (Å²) in [5.74, 6) is -0.0385. The Morgan fingerprint density at radius 2 is 1.59 bits per heavy atom. The number of hydrogen-bond donors (Lipinski definition) is 2. The first kappa shape index (κ1) is 22.3. The second-order valence-corrected chi connectivity index (χ2v) is 10.1. The van der Waals surface area contributed by atoms with Crippen molar-refractivity contribution in [3.05, 3.63) is 81.8 Å². The number of aliphatic hydroxyl groups excluding tert-OH is 1. The Hall–Kier alpha value is -3.54. The molecule has 34 heavy (non-hydrogen) atoms. The summed E-state index contributed by atoms with van der Waals surface area (Å²) in [5.41, 5.74) is 7.48. The average molecular weight is 455 g/mol. The molecule has 6 heteroatoms. The Morgan fingerprint density at radius 3 is 2.18 bits per heavy atom. The van der Waals surface area contributed by atoms with Crippen molar-refractivity contribution < 1.29 is 9.90 Å². The summed E-state index contributed by atoms with van der Waals surface area (Å²) < 4.78 is 0. The van der Waals surface area contributed by atoms with Crippen molar-refractivity contribution in [2.45, 2.75) is 65.2 Å². The van der Waals surface area contributed by atoms with Gasteiger partial charge in [0.25, 0.3) is 0 Å². The topological polar surface area (TPSA) is 87.5 Å². The number of anilines is 1. The van der Waals surface area contributed by atoms with E-state index in [-0.39, 0.29) is 17.0 Å². The van der Waals surface area contributed by atoms with Crippen LogP contribution >= 0.6 is 0 Å². The maximum atomic E-state index is 13.6. The first-order valence-corrected chi connectivity index (χ1v) is 11.9. The minimum absolute atomic E-state index is 0.0745. The number of carbonyl (C=O) groups excluding carboxylic acids is 1. The summed E-state index contributed by atoms with van der Waals surface area (Å²) in [6.07, 6.45) is 8.42. The fourth-order valence-corrected chi connectivity index (χ4v) is 5.58. The van der Waals surface area contributed by atoms with Gasteiger partial charge in [0, 0.05) is 58.1 Å². The Labute approximate surface area is 200 Å². The Balaban J connectivity index is 1.64. The molecule has 0 spiro atoms. The normalized spacial score (nSPS) is 22.5. The molecule has 0 fully saturated rings. The van der Waals surface area contributed by atoms with Gasteiger partial charge in [0.1, 0.15) is 5.76 Å². The lowest BCUT2D eigenvalue weighted by Gasteiger charge is -2.31. The third kappa shape index (κ3) is 2.87. The lowest BCUT2D eigenvalue weighted by atomic mass is 9.71. The standard InChI is InChI=1S/C28H30N4O2/c1-7-15(25-27(3,4)17-13-29-11-9-19(17)31-25)21-23(33)22(24(21)34)16(8-2)26-28(5,6)18-14-30-12-10-20(18)32-26/h9-14,31,33H,7-8H2,1-6H3/b22-16?,25-15+. The highest BCUT2D eigenvalue weighted by Gasteiger charge is 2.46. The molecular weight excluding hydrogens is 424 g/mol. The molecule has 0 saturated carbocycles. The number of pyridine rings is 2. The molecule has 4 heterocycles. The Bertz CT molecular complexity index is 1370. The average Bonchev–Trinajstić information content (AvgIpc) is 3.25. The van der Waals surface area contributed by atoms with Gasteiger partial charge in [-0.3, -0.25) is 19.8 Å². The van der Waals surface area contributed by atoms with Gasteiger partial charge in [0.2, 0.25) is 5.78 Å². The minimum Gasteiger partial charge on any atom is -0.506 e. The lowest BCUT2D eigenvalue weighted by molar-refractivity contribution is -0.113. The molecule has 6 nitrogen and oxygen atoms in total. The van der Waals surface area contributed by atoms with Crippen LogP contribution in [0.15, 0.2) is 75.7 Å². The van der Waals surface area contributed by atoms with E-state index in [0.717, 1.165) is 45.1 Å². The highest BCUT2D eigenvalue weighted by Crippen LogP contribution is 2.49. The van der Waals surface area contributed by atoms with Gasteiger partial charge in [-0.15, -0.1) is 0 Å². The number of fused-ring (bicyclic) bond motifs is 2. The van der Waals surface area contributed by atoms with Gasteiger partial charge in [-0.05, 0) is 36.1 Å². The number of aliphatic imine (C=N–C) groups is 1. The number of Topliss-reactive ketones (excluding diaryl/α,β-unsaturated/α-hetero) is 1. The molecular formula is C28H30N4O2. The molecule has 0 atom stereocenters. The molecule has 3 aliphatic rings. The number of nitrogens with one attached hydrogen (secondary N) is 1. The first-order valence-electron chi connectivity index (χ1n) is 11.9. The molecule has 5 rings (SSSR count). The van der Waals surface area contributed by atoms with Crippen LogP contribution in [0.4, 0.5) is 11.4 Å². The predicted molar refractivity (Wildman–Crippen MR) is 135 cm³/mol. The van der Waals surface area contributed by atoms with Crippen molar-refractivity contribution >= 4 is 22.9 Å². The molecule has 0 saturated heterocycles. The molecule has 2 aliphatic heterocycles. The zero-order chi connectivity index (χ0) is 24.4. The number of carbonyl (C=O) groups is 1. The largest absolute Gasteiger partial charge is 0.506 e. The predicted octanol–water partition coefficient (Wildman–Crippen LogP) is 6.01. The van der Waals surface area contributed by atoms with E-state index in [1.165, 1.54) is 0 Å². The second kappa shape index (κ2) is 7.49. The number of nitrogens with zero attached hydrogens (tertiary/aromatic N) is 3. The summed E-state index contributed by atoms with van der Waals surface area (Å²) in [6.45, 7) is 12.4. The highest BCUT2D eigenvalue weighted by atomic mass is 16.3. The van der Waals surface area contributed by atoms with E-state index in [2.05, 4.69) is 43.0 Å². The Kier molecular flexibility index (Phi) is 4.90. The third-order valence-electron chi connectivity index (χ3n) is 7.50. The Morgan fingerprint density at radius 1 is 0.941 bits per heavy atom. The number of aromatic nitrogens is 2. The van der Waals surface area contributed by atoms with Gasteiger partial charge in [-0.1, -0.05) is 41.5 Å². The van der Waals surface area contributed by atoms with Gasteiger partial charge in [0.05, 0.1) is 22.5 Å². The van der Waals surface area contributed by atoms with E-state index >= 15 is 0 Å². The lowest BCUT2D eigenvalue weighted by Crippen LogP contribution is -2.33. The van der Waals surface area contributed by atoms with Crippen LogP contribution in [-0.2, 0) is 15.6 Å². The third-order valence-corrected chi connectivity index (χ3v) is 7.50. The maximum absolute atomic E-state index is 13.6. The number of hydrogen-bond acceptors (Lipinski definition) is 6. The van der Waals surface area contributed by atoms with E-state index in [0.29, 0.717) is 24.0 Å². The van der Waals surface area contributed by atoms with Crippen molar-refractivity contribution in [2.24, 2.45) is 4.99 Å². The number of ketones is 1. The van der Waals surface area contributed by atoms with Crippen LogP contribution in [0.5, 0.6) is 0 Å². The fourth-order valence-electron chi connectivity index (χ4n) is 5.58. The monoisotopic (exact) mass is 454 g/mol. The van der Waals surface area contributed by atoms with Gasteiger partial charge < -0.3 is 10.4 Å². The maximum Gasteiger partial charge on any atom is 0.201 e. The van der Waals surface area contributed by atoms with Crippen molar-refractivity contribution in [2.75, 3.05) is 5.32 Å². The molecule has 174 valence electrons. The minimum atomic E-state index is -0.395. The van der Waals surface area contributed by atoms with Crippen LogP contribution in [0.3, 0.4) is 0 Å². The molecule has 1 aliphatic carbocycles. The molecule has 2 N–H and O–H groups in total. The van der Waals surface area contributed by atoms with Crippen molar-refractivity contribution in [3.8, 4) is 0 Å². The molecule has 0 aromatic carbocycles. The first-order chi connectivity index (χ1) is 16.1. The summed E-state index contributed by atoms with van der Waals surface area (Å²) in [4.78, 5) is 27.1. The van der Waals surface area contributed by atoms with E-state index in [9.17, 15) is 9.90 Å². The van der Waals surface area contributed by atoms with Crippen molar-refractivity contribution in [3.63, 3.8) is 0 Å². The van der Waals surface area contributed by atoms with Crippen LogP contribution < -0.4 is 5.32 Å². The molecule has 0 bridgehead atoms. The van der Waals surface area contributed by atoms with E-state index in [4.69, 9.17) is 4.99 Å². The number of rotatable bonds is 4. The zero-order valence-corrected chi connectivity index (χ0v) is 20.6. The van der Waals surface area contributed by atoms with Gasteiger partial charge >= 0.3 is 0 Å². The molecule has 0 unspecified atom stereocenters. The summed E-state index contributed by atoms with van der Waals surface area (Å²) in [5, 5.41) is 14.8. The molecule has 0 radical (unpaired) electrons. The van der Waals surface area contributed by atoms with Crippen molar-refractivity contribution in [1.29, 1.82) is 0 Å². The van der Waals surface area contributed by atoms with Crippen LogP contribution in [0, 0.1) is 0 Å². The molecule has 2 aromatic rings. The highest BCUT2D eigenvalue weighted by molar-refractivity contribution is 6.27. The molecule has 2 aromatic heterocycles. The van der Waals surface area contributed by atoms with Crippen LogP contribution in [0.25, 0.3) is 0 Å². The van der Waals surface area contributed by atoms with E-state index < -0.39 is 5.41 Å². The summed E-state index contributed by atoms with van der Waals surface area (Å²) >= 11 is 0. The zero-order valence-electron chi connectivity index (χ0n) is 20.6. The van der Waals surface area contributed by atoms with Crippen molar-refractivity contribution in [1.82, 2.24) is 9.97 Å². The van der Waals surface area contributed by atoms with Gasteiger partial charge in [-0.2, -0.15) is 0 Å². The van der Waals surface area contributed by atoms with Crippen LogP contribution in [-0.4, -0.2) is 26.6 Å². The number of aliphatic hydroxyl groups is 1. The van der Waals surface area contributed by atoms with Crippen LogP contribution in [0.2, 0.25) is 0 Å².